The van der Waals surface area contributed by atoms with E-state index in [1.54, 1.807) is 7.11 Å². The van der Waals surface area contributed by atoms with E-state index in [-0.39, 0.29) is 0 Å². The van der Waals surface area contributed by atoms with Crippen LogP contribution in [0.15, 0.2) is 36.7 Å². The van der Waals surface area contributed by atoms with Gasteiger partial charge in [-0.05, 0) is 31.2 Å². The van der Waals surface area contributed by atoms with Gasteiger partial charge in [-0.2, -0.15) is 0 Å². The van der Waals surface area contributed by atoms with Crippen molar-refractivity contribution in [1.29, 1.82) is 0 Å². The fourth-order valence-electron chi connectivity index (χ4n) is 1.52. The Morgan fingerprint density at radius 3 is 2.42 bits per heavy atom. The van der Waals surface area contributed by atoms with Crippen LogP contribution in [0.5, 0.6) is 17.4 Å². The molecule has 5 nitrogen and oxygen atoms in total. The molecule has 2 aromatic rings. The number of rotatable bonds is 5. The van der Waals surface area contributed by atoms with Gasteiger partial charge in [0.05, 0.1) is 7.11 Å². The molecule has 2 rings (SSSR count). The molecule has 1 aromatic carbocycles. The number of methoxy groups -OCH3 is 1. The Morgan fingerprint density at radius 2 is 1.79 bits per heavy atom. The quantitative estimate of drug-likeness (QED) is 0.826. The van der Waals surface area contributed by atoms with Crippen LogP contribution in [0.4, 0.5) is 5.82 Å². The lowest BCUT2D eigenvalue weighted by atomic mass is 10.3. The molecule has 0 unspecified atom stereocenters. The molecule has 0 saturated heterocycles. The molecule has 0 saturated carbocycles. The Balaban J connectivity index is 2.13. The molecule has 0 atom stereocenters. The van der Waals surface area contributed by atoms with E-state index < -0.39 is 0 Å². The maximum Gasteiger partial charge on any atom is 0.224 e. The standard InChI is InChI=1S/C14H17N3O2/c1-4-17(2)13-9-14(16-10-15-13)19-12-7-5-11(18-3)6-8-12/h5-10H,4H2,1-3H3. The van der Waals surface area contributed by atoms with Crippen LogP contribution >= 0.6 is 0 Å². The first-order valence-corrected chi connectivity index (χ1v) is 6.08. The van der Waals surface area contributed by atoms with Gasteiger partial charge in [0.25, 0.3) is 0 Å². The minimum absolute atomic E-state index is 0.524. The van der Waals surface area contributed by atoms with Crippen LogP contribution in [0.1, 0.15) is 6.92 Å². The van der Waals surface area contributed by atoms with E-state index in [2.05, 4.69) is 16.9 Å². The van der Waals surface area contributed by atoms with Gasteiger partial charge in [-0.3, -0.25) is 0 Å². The van der Waals surface area contributed by atoms with Crippen LogP contribution in [0.2, 0.25) is 0 Å². The van der Waals surface area contributed by atoms with Crippen molar-refractivity contribution >= 4 is 5.82 Å². The molecule has 0 amide bonds. The van der Waals surface area contributed by atoms with Crippen molar-refractivity contribution in [1.82, 2.24) is 9.97 Å². The predicted octanol–water partition coefficient (Wildman–Crippen LogP) is 2.73. The van der Waals surface area contributed by atoms with Crippen LogP contribution in [0, 0.1) is 0 Å². The first kappa shape index (κ1) is 13.1. The summed E-state index contributed by atoms with van der Waals surface area (Å²) in [7, 11) is 3.60. The summed E-state index contributed by atoms with van der Waals surface area (Å²) in [5.74, 6) is 2.86. The zero-order valence-electron chi connectivity index (χ0n) is 11.3. The molecule has 0 aliphatic carbocycles. The lowest BCUT2D eigenvalue weighted by Gasteiger charge is -2.15. The van der Waals surface area contributed by atoms with Crippen molar-refractivity contribution in [2.75, 3.05) is 25.6 Å². The van der Waals surface area contributed by atoms with Crippen molar-refractivity contribution in [2.45, 2.75) is 6.92 Å². The maximum atomic E-state index is 5.68. The van der Waals surface area contributed by atoms with Crippen LogP contribution in [0.3, 0.4) is 0 Å². The lowest BCUT2D eigenvalue weighted by Crippen LogP contribution is -2.17. The van der Waals surface area contributed by atoms with Gasteiger partial charge < -0.3 is 14.4 Å². The SMILES string of the molecule is CCN(C)c1cc(Oc2ccc(OC)cc2)ncn1. The first-order chi connectivity index (χ1) is 9.22. The Kier molecular flexibility index (Phi) is 4.18. The molecule has 0 aliphatic heterocycles. The molecule has 100 valence electrons. The number of ether oxygens (including phenoxy) is 2. The topological polar surface area (TPSA) is 47.5 Å². The summed E-state index contributed by atoms with van der Waals surface area (Å²) >= 11 is 0. The van der Waals surface area contributed by atoms with E-state index in [0.717, 1.165) is 18.1 Å². The minimum Gasteiger partial charge on any atom is -0.497 e. The second-order valence-electron chi connectivity index (χ2n) is 4.01. The van der Waals surface area contributed by atoms with Gasteiger partial charge in [0.15, 0.2) is 0 Å². The summed E-state index contributed by atoms with van der Waals surface area (Å²) in [5, 5.41) is 0. The molecule has 0 spiro atoms. The van der Waals surface area contributed by atoms with E-state index >= 15 is 0 Å². The van der Waals surface area contributed by atoms with Crippen molar-refractivity contribution in [3.05, 3.63) is 36.7 Å². The van der Waals surface area contributed by atoms with Gasteiger partial charge in [-0.25, -0.2) is 9.97 Å². The highest BCUT2D eigenvalue weighted by atomic mass is 16.5. The molecule has 0 fully saturated rings. The Bertz CT molecular complexity index is 528. The van der Waals surface area contributed by atoms with E-state index in [1.807, 2.05) is 42.3 Å². The predicted molar refractivity (Wildman–Crippen MR) is 74.0 cm³/mol. The Morgan fingerprint density at radius 1 is 1.11 bits per heavy atom. The number of nitrogens with zero attached hydrogens (tertiary/aromatic N) is 3. The van der Waals surface area contributed by atoms with Crippen molar-refractivity contribution in [3.8, 4) is 17.4 Å². The average Bonchev–Trinajstić information content (AvgIpc) is 2.47. The van der Waals surface area contributed by atoms with Crippen molar-refractivity contribution in [3.63, 3.8) is 0 Å². The number of anilines is 1. The second kappa shape index (κ2) is 6.04. The third kappa shape index (κ3) is 3.34. The van der Waals surface area contributed by atoms with E-state index in [9.17, 15) is 0 Å². The fraction of sp³-hybridized carbons (Fsp3) is 0.286. The van der Waals surface area contributed by atoms with E-state index in [0.29, 0.717) is 11.6 Å². The van der Waals surface area contributed by atoms with Crippen LogP contribution in [0.25, 0.3) is 0 Å². The summed E-state index contributed by atoms with van der Waals surface area (Å²) in [5.41, 5.74) is 0. The smallest absolute Gasteiger partial charge is 0.224 e. The summed E-state index contributed by atoms with van der Waals surface area (Å²) in [6, 6.07) is 9.17. The molecule has 1 heterocycles. The molecule has 5 heteroatoms. The van der Waals surface area contributed by atoms with E-state index in [1.165, 1.54) is 6.33 Å². The molecule has 0 bridgehead atoms. The highest BCUT2D eigenvalue weighted by molar-refractivity contribution is 5.41. The Labute approximate surface area is 112 Å². The number of aromatic nitrogens is 2. The van der Waals surface area contributed by atoms with Gasteiger partial charge in [0.1, 0.15) is 23.6 Å². The normalized spacial score (nSPS) is 10.1. The van der Waals surface area contributed by atoms with E-state index in [4.69, 9.17) is 9.47 Å². The lowest BCUT2D eigenvalue weighted by molar-refractivity contribution is 0.412. The monoisotopic (exact) mass is 259 g/mol. The van der Waals surface area contributed by atoms with Gasteiger partial charge in [0.2, 0.25) is 5.88 Å². The second-order valence-corrected chi connectivity index (χ2v) is 4.01. The number of hydrogen-bond acceptors (Lipinski definition) is 5. The number of hydrogen-bond donors (Lipinski definition) is 0. The summed E-state index contributed by atoms with van der Waals surface area (Å²) in [6.07, 6.45) is 1.50. The average molecular weight is 259 g/mol. The zero-order chi connectivity index (χ0) is 13.7. The van der Waals surface area contributed by atoms with Crippen LogP contribution in [-0.4, -0.2) is 30.7 Å². The fourth-order valence-corrected chi connectivity index (χ4v) is 1.52. The molecule has 0 N–H and O–H groups in total. The molecular formula is C14H17N3O2. The molecule has 0 aliphatic rings. The third-order valence-corrected chi connectivity index (χ3v) is 2.77. The molecule has 0 radical (unpaired) electrons. The van der Waals surface area contributed by atoms with Gasteiger partial charge in [-0.1, -0.05) is 0 Å². The molecular weight excluding hydrogens is 242 g/mol. The highest BCUT2D eigenvalue weighted by Crippen LogP contribution is 2.23. The third-order valence-electron chi connectivity index (χ3n) is 2.77. The molecule has 19 heavy (non-hydrogen) atoms. The molecule has 1 aromatic heterocycles. The van der Waals surface area contributed by atoms with Gasteiger partial charge in [0, 0.05) is 19.7 Å². The number of benzene rings is 1. The van der Waals surface area contributed by atoms with Crippen LogP contribution < -0.4 is 14.4 Å². The van der Waals surface area contributed by atoms with Crippen LogP contribution in [-0.2, 0) is 0 Å². The minimum atomic E-state index is 0.524. The van der Waals surface area contributed by atoms with Gasteiger partial charge >= 0.3 is 0 Å². The summed E-state index contributed by atoms with van der Waals surface area (Å²) < 4.78 is 10.8. The Hall–Kier alpha value is -2.30. The highest BCUT2D eigenvalue weighted by Gasteiger charge is 2.04. The van der Waals surface area contributed by atoms with Gasteiger partial charge in [-0.15, -0.1) is 0 Å². The first-order valence-electron chi connectivity index (χ1n) is 6.08. The largest absolute Gasteiger partial charge is 0.497 e. The van der Waals surface area contributed by atoms with Crippen molar-refractivity contribution in [2.24, 2.45) is 0 Å². The summed E-state index contributed by atoms with van der Waals surface area (Å²) in [4.78, 5) is 10.3. The maximum absolute atomic E-state index is 5.68. The zero-order valence-corrected chi connectivity index (χ0v) is 11.3. The summed E-state index contributed by atoms with van der Waals surface area (Å²) in [6.45, 7) is 2.94. The van der Waals surface area contributed by atoms with Crippen molar-refractivity contribution < 1.29 is 9.47 Å².